The molecule has 2 aromatic carbocycles. The van der Waals surface area contributed by atoms with E-state index in [1.54, 1.807) is 12.1 Å². The molecule has 0 unspecified atom stereocenters. The SMILES string of the molecule is O=C1OC(c2ccc([N+](=O)[O-])cc2)=N/C1=C/c1ccc(O)cc1. The number of phenolic OH excluding ortho intramolecular Hbond substituents is 1. The summed E-state index contributed by atoms with van der Waals surface area (Å²) in [5.74, 6) is -0.391. The van der Waals surface area contributed by atoms with Crippen LogP contribution in [0.5, 0.6) is 5.75 Å². The molecule has 0 saturated heterocycles. The molecule has 0 amide bonds. The average molecular weight is 310 g/mol. The van der Waals surface area contributed by atoms with Crippen molar-refractivity contribution in [2.75, 3.05) is 0 Å². The van der Waals surface area contributed by atoms with Crippen molar-refractivity contribution in [2.24, 2.45) is 4.99 Å². The molecule has 0 spiro atoms. The largest absolute Gasteiger partial charge is 0.508 e. The van der Waals surface area contributed by atoms with Gasteiger partial charge in [-0.25, -0.2) is 9.79 Å². The standard InChI is InChI=1S/C16H10N2O5/c19-13-7-1-10(2-8-13)9-14-16(20)23-15(17-14)11-3-5-12(6-4-11)18(21)22/h1-9,19H/b14-9+. The van der Waals surface area contributed by atoms with Crippen molar-refractivity contribution in [2.45, 2.75) is 0 Å². The molecule has 23 heavy (non-hydrogen) atoms. The molecule has 1 aliphatic heterocycles. The molecule has 7 nitrogen and oxygen atoms in total. The number of nitro groups is 1. The minimum atomic E-state index is -0.605. The maximum Gasteiger partial charge on any atom is 0.363 e. The number of cyclic esters (lactones) is 1. The van der Waals surface area contributed by atoms with Gasteiger partial charge in [0.1, 0.15) is 5.75 Å². The predicted octanol–water partition coefficient (Wildman–Crippen LogP) is 2.64. The number of carbonyl (C=O) groups is 1. The Labute approximate surface area is 130 Å². The molecule has 0 radical (unpaired) electrons. The highest BCUT2D eigenvalue weighted by Gasteiger charge is 2.24. The zero-order valence-corrected chi connectivity index (χ0v) is 11.7. The molecule has 3 rings (SSSR count). The fourth-order valence-electron chi connectivity index (χ4n) is 1.99. The van der Waals surface area contributed by atoms with Crippen molar-refractivity contribution in [1.29, 1.82) is 0 Å². The Morgan fingerprint density at radius 1 is 1.09 bits per heavy atom. The summed E-state index contributed by atoms with van der Waals surface area (Å²) in [6.45, 7) is 0. The van der Waals surface area contributed by atoms with Gasteiger partial charge in [-0.3, -0.25) is 10.1 Å². The van der Waals surface area contributed by atoms with E-state index in [1.165, 1.54) is 42.5 Å². The van der Waals surface area contributed by atoms with Crippen LogP contribution in [0.3, 0.4) is 0 Å². The third-order valence-electron chi connectivity index (χ3n) is 3.14. The topological polar surface area (TPSA) is 102 Å². The summed E-state index contributed by atoms with van der Waals surface area (Å²) in [5.41, 5.74) is 1.21. The van der Waals surface area contributed by atoms with Gasteiger partial charge in [0.05, 0.1) is 4.92 Å². The van der Waals surface area contributed by atoms with E-state index in [-0.39, 0.29) is 23.0 Å². The first-order valence-electron chi connectivity index (χ1n) is 6.59. The number of phenols is 1. The van der Waals surface area contributed by atoms with Crippen LogP contribution in [0.2, 0.25) is 0 Å². The van der Waals surface area contributed by atoms with Gasteiger partial charge >= 0.3 is 5.97 Å². The third kappa shape index (κ3) is 3.08. The number of nitro benzene ring substituents is 1. The minimum Gasteiger partial charge on any atom is -0.508 e. The molecule has 0 bridgehead atoms. The molecule has 1 aliphatic rings. The Balaban J connectivity index is 1.88. The predicted molar refractivity (Wildman–Crippen MR) is 81.8 cm³/mol. The van der Waals surface area contributed by atoms with Crippen molar-refractivity contribution in [3.05, 3.63) is 75.5 Å². The lowest BCUT2D eigenvalue weighted by molar-refractivity contribution is -0.384. The van der Waals surface area contributed by atoms with Crippen LogP contribution in [0.4, 0.5) is 5.69 Å². The Morgan fingerprint density at radius 3 is 2.35 bits per heavy atom. The number of carbonyl (C=O) groups excluding carboxylic acids is 1. The summed E-state index contributed by atoms with van der Waals surface area (Å²) in [5, 5.41) is 19.9. The fourth-order valence-corrected chi connectivity index (χ4v) is 1.99. The van der Waals surface area contributed by atoms with Crippen molar-refractivity contribution in [3.63, 3.8) is 0 Å². The maximum atomic E-state index is 11.8. The third-order valence-corrected chi connectivity index (χ3v) is 3.14. The Hall–Kier alpha value is -3.48. The number of benzene rings is 2. The first kappa shape index (κ1) is 14.5. The van der Waals surface area contributed by atoms with Gasteiger partial charge < -0.3 is 9.84 Å². The van der Waals surface area contributed by atoms with Gasteiger partial charge in [-0.15, -0.1) is 0 Å². The zero-order chi connectivity index (χ0) is 16.4. The zero-order valence-electron chi connectivity index (χ0n) is 11.7. The van der Waals surface area contributed by atoms with Crippen LogP contribution < -0.4 is 0 Å². The van der Waals surface area contributed by atoms with Crippen molar-refractivity contribution in [1.82, 2.24) is 0 Å². The van der Waals surface area contributed by atoms with Crippen molar-refractivity contribution < 1.29 is 19.6 Å². The summed E-state index contributed by atoms with van der Waals surface area (Å²) in [4.78, 5) is 26.1. The van der Waals surface area contributed by atoms with E-state index < -0.39 is 10.9 Å². The summed E-state index contributed by atoms with van der Waals surface area (Å²) in [6, 6.07) is 11.8. The second kappa shape index (κ2) is 5.72. The number of ether oxygens (including phenoxy) is 1. The van der Waals surface area contributed by atoms with Gasteiger partial charge in [-0.2, -0.15) is 0 Å². The van der Waals surface area contributed by atoms with E-state index in [4.69, 9.17) is 4.74 Å². The lowest BCUT2D eigenvalue weighted by Gasteiger charge is -1.98. The first-order chi connectivity index (χ1) is 11.0. The molecule has 0 aliphatic carbocycles. The number of non-ortho nitro benzene ring substituents is 1. The van der Waals surface area contributed by atoms with Gasteiger partial charge in [-0.05, 0) is 35.9 Å². The number of hydrogen-bond acceptors (Lipinski definition) is 6. The van der Waals surface area contributed by atoms with E-state index in [2.05, 4.69) is 4.99 Å². The summed E-state index contributed by atoms with van der Waals surface area (Å²) >= 11 is 0. The first-order valence-corrected chi connectivity index (χ1v) is 6.59. The van der Waals surface area contributed by atoms with Crippen LogP contribution in [-0.4, -0.2) is 21.9 Å². The van der Waals surface area contributed by atoms with E-state index in [0.29, 0.717) is 11.1 Å². The molecule has 1 heterocycles. The smallest absolute Gasteiger partial charge is 0.363 e. The normalized spacial score (nSPS) is 15.4. The summed E-state index contributed by atoms with van der Waals surface area (Å²) in [6.07, 6.45) is 1.53. The van der Waals surface area contributed by atoms with Crippen LogP contribution in [0.1, 0.15) is 11.1 Å². The van der Waals surface area contributed by atoms with Crippen LogP contribution in [-0.2, 0) is 9.53 Å². The van der Waals surface area contributed by atoms with Gasteiger partial charge in [-0.1, -0.05) is 12.1 Å². The molecular formula is C16H10N2O5. The van der Waals surface area contributed by atoms with E-state index in [0.717, 1.165) is 0 Å². The number of aliphatic imine (C=N–C) groups is 1. The highest BCUT2D eigenvalue weighted by Crippen LogP contribution is 2.21. The lowest BCUT2D eigenvalue weighted by Crippen LogP contribution is -2.05. The van der Waals surface area contributed by atoms with Gasteiger partial charge in [0.2, 0.25) is 5.90 Å². The average Bonchev–Trinajstić information content (AvgIpc) is 2.91. The van der Waals surface area contributed by atoms with Crippen molar-refractivity contribution >= 4 is 23.6 Å². The fraction of sp³-hybridized carbons (Fsp3) is 0. The quantitative estimate of drug-likeness (QED) is 0.406. The van der Waals surface area contributed by atoms with E-state index in [9.17, 15) is 20.0 Å². The Kier molecular flexibility index (Phi) is 3.60. The molecule has 1 N–H and O–H groups in total. The molecule has 0 aromatic heterocycles. The minimum absolute atomic E-state index is 0.0569. The van der Waals surface area contributed by atoms with Gasteiger partial charge in [0.25, 0.3) is 5.69 Å². The number of nitrogens with zero attached hydrogens (tertiary/aromatic N) is 2. The Bertz CT molecular complexity index is 836. The van der Waals surface area contributed by atoms with E-state index in [1.807, 2.05) is 0 Å². The van der Waals surface area contributed by atoms with Crippen LogP contribution in [0.15, 0.2) is 59.2 Å². The number of rotatable bonds is 3. The number of esters is 1. The van der Waals surface area contributed by atoms with Crippen LogP contribution in [0.25, 0.3) is 6.08 Å². The van der Waals surface area contributed by atoms with Gasteiger partial charge in [0.15, 0.2) is 5.70 Å². The molecule has 2 aromatic rings. The molecule has 7 heteroatoms. The molecule has 114 valence electrons. The molecule has 0 fully saturated rings. The highest BCUT2D eigenvalue weighted by atomic mass is 16.6. The highest BCUT2D eigenvalue weighted by molar-refractivity contribution is 6.12. The van der Waals surface area contributed by atoms with Crippen LogP contribution >= 0.6 is 0 Å². The molecular weight excluding hydrogens is 300 g/mol. The molecule has 0 saturated carbocycles. The van der Waals surface area contributed by atoms with Crippen LogP contribution in [0, 0.1) is 10.1 Å². The second-order valence-electron chi connectivity index (χ2n) is 4.73. The summed E-state index contributed by atoms with van der Waals surface area (Å²) in [7, 11) is 0. The second-order valence-corrected chi connectivity index (χ2v) is 4.73. The van der Waals surface area contributed by atoms with Crippen molar-refractivity contribution in [3.8, 4) is 5.75 Å². The number of aromatic hydroxyl groups is 1. The number of hydrogen-bond donors (Lipinski definition) is 1. The lowest BCUT2D eigenvalue weighted by atomic mass is 10.2. The van der Waals surface area contributed by atoms with Gasteiger partial charge in [0, 0.05) is 17.7 Å². The molecule has 0 atom stereocenters. The Morgan fingerprint density at radius 2 is 1.74 bits per heavy atom. The summed E-state index contributed by atoms with van der Waals surface area (Å²) < 4.78 is 5.08. The maximum absolute atomic E-state index is 11.8. The monoisotopic (exact) mass is 310 g/mol. The van der Waals surface area contributed by atoms with E-state index >= 15 is 0 Å².